The van der Waals surface area contributed by atoms with Gasteiger partial charge in [-0.2, -0.15) is 4.31 Å². The summed E-state index contributed by atoms with van der Waals surface area (Å²) in [7, 11) is -3.74. The van der Waals surface area contributed by atoms with E-state index >= 15 is 0 Å². The van der Waals surface area contributed by atoms with Gasteiger partial charge >= 0.3 is 5.97 Å². The van der Waals surface area contributed by atoms with Crippen LogP contribution >= 0.6 is 0 Å². The number of nitrogens with zero attached hydrogens (tertiary/aromatic N) is 2. The van der Waals surface area contributed by atoms with Crippen molar-refractivity contribution in [2.75, 3.05) is 13.1 Å². The fourth-order valence-corrected chi connectivity index (χ4v) is 4.40. The second kappa shape index (κ2) is 5.33. The summed E-state index contributed by atoms with van der Waals surface area (Å²) in [4.78, 5) is 15.4. The first-order valence-corrected chi connectivity index (χ1v) is 8.42. The van der Waals surface area contributed by atoms with Crippen LogP contribution in [0, 0.1) is 12.8 Å². The molecule has 0 bridgehead atoms. The maximum absolute atomic E-state index is 12.8. The van der Waals surface area contributed by atoms with Crippen LogP contribution in [0.4, 0.5) is 0 Å². The molecular weight excluding hydrogens is 304 g/mol. The first kappa shape index (κ1) is 14.9. The molecule has 2 heterocycles. The number of sulfonamides is 1. The summed E-state index contributed by atoms with van der Waals surface area (Å²) in [5.74, 6) is -1.59. The molecule has 1 saturated heterocycles. The molecule has 1 fully saturated rings. The first-order chi connectivity index (χ1) is 10.4. The maximum Gasteiger partial charge on any atom is 0.307 e. The monoisotopic (exact) mass is 320 g/mol. The van der Waals surface area contributed by atoms with E-state index in [0.717, 1.165) is 10.9 Å². The highest BCUT2D eigenvalue weighted by Gasteiger charge is 2.36. The molecule has 0 saturated carbocycles. The van der Waals surface area contributed by atoms with Crippen LogP contribution in [0.1, 0.15) is 12.0 Å². The van der Waals surface area contributed by atoms with E-state index in [9.17, 15) is 13.2 Å². The Bertz CT molecular complexity index is 848. The number of carbonyl (C=O) groups is 1. The third kappa shape index (κ3) is 2.46. The van der Waals surface area contributed by atoms with Crippen molar-refractivity contribution in [2.24, 2.45) is 5.92 Å². The van der Waals surface area contributed by atoms with Crippen LogP contribution in [-0.2, 0) is 14.8 Å². The molecule has 0 amide bonds. The predicted molar refractivity (Wildman–Crippen MR) is 81.0 cm³/mol. The summed E-state index contributed by atoms with van der Waals surface area (Å²) in [5.41, 5.74) is 1.38. The van der Waals surface area contributed by atoms with Gasteiger partial charge in [0.2, 0.25) is 10.0 Å². The SMILES string of the molecule is Cc1cnc2c(S(=O)(=O)N3CC[C@H](C(=O)O)C3)cccc2c1. The van der Waals surface area contributed by atoms with E-state index in [1.807, 2.05) is 19.1 Å². The van der Waals surface area contributed by atoms with Gasteiger partial charge in [-0.05, 0) is 31.0 Å². The number of pyridine rings is 1. The molecule has 0 aliphatic carbocycles. The number of para-hydroxylation sites is 1. The lowest BCUT2D eigenvalue weighted by Gasteiger charge is -2.17. The Morgan fingerprint density at radius 1 is 1.41 bits per heavy atom. The minimum absolute atomic E-state index is 0.0138. The molecule has 2 aromatic rings. The Labute approximate surface area is 128 Å². The zero-order chi connectivity index (χ0) is 15.9. The van der Waals surface area contributed by atoms with Crippen molar-refractivity contribution < 1.29 is 18.3 Å². The van der Waals surface area contributed by atoms with E-state index in [1.54, 1.807) is 12.3 Å². The molecule has 0 radical (unpaired) electrons. The molecule has 7 heteroatoms. The number of carboxylic acids is 1. The molecule has 1 aromatic carbocycles. The molecule has 0 spiro atoms. The quantitative estimate of drug-likeness (QED) is 0.929. The minimum atomic E-state index is -3.74. The van der Waals surface area contributed by atoms with Crippen LogP contribution in [-0.4, -0.2) is 41.9 Å². The van der Waals surface area contributed by atoms with Crippen LogP contribution < -0.4 is 0 Å². The molecule has 22 heavy (non-hydrogen) atoms. The zero-order valence-electron chi connectivity index (χ0n) is 12.1. The van der Waals surface area contributed by atoms with Gasteiger partial charge in [-0.15, -0.1) is 0 Å². The highest BCUT2D eigenvalue weighted by Crippen LogP contribution is 2.28. The number of aliphatic carboxylic acids is 1. The van der Waals surface area contributed by atoms with E-state index in [4.69, 9.17) is 5.11 Å². The van der Waals surface area contributed by atoms with Gasteiger partial charge in [-0.1, -0.05) is 12.1 Å². The van der Waals surface area contributed by atoms with E-state index < -0.39 is 21.9 Å². The van der Waals surface area contributed by atoms with E-state index in [0.29, 0.717) is 11.9 Å². The van der Waals surface area contributed by atoms with Crippen molar-refractivity contribution in [3.63, 3.8) is 0 Å². The zero-order valence-corrected chi connectivity index (χ0v) is 12.9. The van der Waals surface area contributed by atoms with Crippen LogP contribution in [0.5, 0.6) is 0 Å². The maximum atomic E-state index is 12.8. The van der Waals surface area contributed by atoms with E-state index in [1.165, 1.54) is 10.4 Å². The first-order valence-electron chi connectivity index (χ1n) is 6.98. The van der Waals surface area contributed by atoms with Crippen molar-refractivity contribution in [3.05, 3.63) is 36.0 Å². The fourth-order valence-electron chi connectivity index (χ4n) is 2.74. The van der Waals surface area contributed by atoms with Gasteiger partial charge in [0.1, 0.15) is 4.90 Å². The summed E-state index contributed by atoms with van der Waals surface area (Å²) in [5, 5.41) is 9.80. The lowest BCUT2D eigenvalue weighted by atomic mass is 10.1. The number of carboxylic acid groups (broad SMARTS) is 1. The Morgan fingerprint density at radius 2 is 2.18 bits per heavy atom. The van der Waals surface area contributed by atoms with Crippen molar-refractivity contribution >= 4 is 26.9 Å². The standard InChI is InChI=1S/C15H16N2O4S/c1-10-7-11-3-2-4-13(14(11)16-8-10)22(20,21)17-6-5-12(9-17)15(18)19/h2-4,7-8,12H,5-6,9H2,1H3,(H,18,19)/t12-/m0/s1. The average Bonchev–Trinajstić information content (AvgIpc) is 2.97. The minimum Gasteiger partial charge on any atom is -0.481 e. The molecule has 0 unspecified atom stereocenters. The van der Waals surface area contributed by atoms with E-state index in [2.05, 4.69) is 4.98 Å². The summed E-state index contributed by atoms with van der Waals surface area (Å²) in [6.07, 6.45) is 1.97. The van der Waals surface area contributed by atoms with Gasteiger partial charge in [0, 0.05) is 24.7 Å². The van der Waals surface area contributed by atoms with Crippen molar-refractivity contribution in [2.45, 2.75) is 18.2 Å². The van der Waals surface area contributed by atoms with Crippen LogP contribution in [0.3, 0.4) is 0 Å². The van der Waals surface area contributed by atoms with Gasteiger partial charge in [0.15, 0.2) is 0 Å². The van der Waals surface area contributed by atoms with Crippen LogP contribution in [0.25, 0.3) is 10.9 Å². The topological polar surface area (TPSA) is 87.6 Å². The Hall–Kier alpha value is -1.99. The van der Waals surface area contributed by atoms with E-state index in [-0.39, 0.29) is 18.0 Å². The molecule has 1 atom stereocenters. The molecular formula is C15H16N2O4S. The van der Waals surface area contributed by atoms with Gasteiger partial charge in [-0.3, -0.25) is 9.78 Å². The molecule has 6 nitrogen and oxygen atoms in total. The number of fused-ring (bicyclic) bond motifs is 1. The van der Waals surface area contributed by atoms with Gasteiger partial charge < -0.3 is 5.11 Å². The molecule has 1 aromatic heterocycles. The number of rotatable bonds is 3. The van der Waals surface area contributed by atoms with Crippen molar-refractivity contribution in [3.8, 4) is 0 Å². The summed E-state index contributed by atoms with van der Waals surface area (Å²) >= 11 is 0. The second-order valence-electron chi connectivity index (χ2n) is 5.53. The van der Waals surface area contributed by atoms with Gasteiger partial charge in [0.25, 0.3) is 0 Å². The van der Waals surface area contributed by atoms with Gasteiger partial charge in [0.05, 0.1) is 11.4 Å². The fraction of sp³-hybridized carbons (Fsp3) is 0.333. The number of hydrogen-bond acceptors (Lipinski definition) is 4. The highest BCUT2D eigenvalue weighted by molar-refractivity contribution is 7.89. The molecule has 116 valence electrons. The van der Waals surface area contributed by atoms with Crippen molar-refractivity contribution in [1.29, 1.82) is 0 Å². The smallest absolute Gasteiger partial charge is 0.307 e. The molecule has 1 aliphatic rings. The predicted octanol–water partition coefficient (Wildman–Crippen LogP) is 1.64. The van der Waals surface area contributed by atoms with Crippen LogP contribution in [0.15, 0.2) is 35.4 Å². The second-order valence-corrected chi connectivity index (χ2v) is 7.43. The van der Waals surface area contributed by atoms with Crippen molar-refractivity contribution in [1.82, 2.24) is 9.29 Å². The third-order valence-electron chi connectivity index (χ3n) is 3.93. The highest BCUT2D eigenvalue weighted by atomic mass is 32.2. The number of hydrogen-bond donors (Lipinski definition) is 1. The summed E-state index contributed by atoms with van der Waals surface area (Å²) in [6.45, 7) is 2.13. The number of benzene rings is 1. The Kier molecular flexibility index (Phi) is 3.62. The van der Waals surface area contributed by atoms with Gasteiger partial charge in [-0.25, -0.2) is 8.42 Å². The summed E-state index contributed by atoms with van der Waals surface area (Å²) < 4.78 is 26.8. The number of aryl methyl sites for hydroxylation is 1. The third-order valence-corrected chi connectivity index (χ3v) is 5.83. The molecule has 3 rings (SSSR count). The normalized spacial score (nSPS) is 19.6. The Morgan fingerprint density at radius 3 is 2.86 bits per heavy atom. The molecule has 1 aliphatic heterocycles. The average molecular weight is 320 g/mol. The number of aromatic nitrogens is 1. The molecule has 1 N–H and O–H groups in total. The van der Waals surface area contributed by atoms with Crippen LogP contribution in [0.2, 0.25) is 0 Å². The lowest BCUT2D eigenvalue weighted by Crippen LogP contribution is -2.30. The Balaban J connectivity index is 2.05. The largest absolute Gasteiger partial charge is 0.481 e. The summed E-state index contributed by atoms with van der Waals surface area (Å²) in [6, 6.07) is 6.90. The lowest BCUT2D eigenvalue weighted by molar-refractivity contribution is -0.141.